The molecule has 120 valence electrons. The van der Waals surface area contributed by atoms with Crippen LogP contribution in [0, 0.1) is 6.92 Å². The number of carbonyl (C=O) groups excluding carboxylic acids is 2. The molecule has 0 radical (unpaired) electrons. The van der Waals surface area contributed by atoms with E-state index in [0.717, 1.165) is 0 Å². The van der Waals surface area contributed by atoms with Gasteiger partial charge >= 0.3 is 0 Å². The van der Waals surface area contributed by atoms with Crippen LogP contribution in [0.3, 0.4) is 0 Å². The molecule has 0 atom stereocenters. The van der Waals surface area contributed by atoms with Gasteiger partial charge in [-0.05, 0) is 31.2 Å². The molecular formula is C17H17NO5. The summed E-state index contributed by atoms with van der Waals surface area (Å²) in [5.74, 6) is 0.279. The third-order valence-electron chi connectivity index (χ3n) is 3.64. The fraction of sp³-hybridized carbons (Fsp3) is 0.176. The molecule has 0 aromatic heterocycles. The van der Waals surface area contributed by atoms with Crippen molar-refractivity contribution in [1.82, 2.24) is 0 Å². The Morgan fingerprint density at radius 1 is 1.17 bits per heavy atom. The molecule has 0 unspecified atom stereocenters. The van der Waals surface area contributed by atoms with Crippen molar-refractivity contribution in [2.75, 3.05) is 20.0 Å². The number of benzene rings is 2. The first-order valence-electron chi connectivity index (χ1n) is 6.78. The van der Waals surface area contributed by atoms with Gasteiger partial charge in [0.1, 0.15) is 5.75 Å². The summed E-state index contributed by atoms with van der Waals surface area (Å²) < 4.78 is 10.3. The summed E-state index contributed by atoms with van der Waals surface area (Å²) in [5, 5.41) is 10.00. The highest BCUT2D eigenvalue weighted by atomic mass is 16.5. The summed E-state index contributed by atoms with van der Waals surface area (Å²) in [6, 6.07) is 6.10. The maximum atomic E-state index is 12.7. The van der Waals surface area contributed by atoms with Gasteiger partial charge in [-0.1, -0.05) is 0 Å². The van der Waals surface area contributed by atoms with Gasteiger partial charge in [-0.15, -0.1) is 0 Å². The Labute approximate surface area is 133 Å². The smallest absolute Gasteiger partial charge is 0.193 e. The quantitative estimate of drug-likeness (QED) is 0.380. The van der Waals surface area contributed by atoms with E-state index in [9.17, 15) is 14.7 Å². The van der Waals surface area contributed by atoms with Crippen molar-refractivity contribution in [2.24, 2.45) is 0 Å². The van der Waals surface area contributed by atoms with Gasteiger partial charge < -0.3 is 20.3 Å². The molecule has 23 heavy (non-hydrogen) atoms. The zero-order valence-electron chi connectivity index (χ0n) is 13.0. The van der Waals surface area contributed by atoms with Crippen molar-refractivity contribution in [2.45, 2.75) is 6.92 Å². The number of phenols is 1. The van der Waals surface area contributed by atoms with E-state index in [4.69, 9.17) is 15.2 Å². The third-order valence-corrected chi connectivity index (χ3v) is 3.64. The van der Waals surface area contributed by atoms with E-state index >= 15 is 0 Å². The molecule has 2 rings (SSSR count). The van der Waals surface area contributed by atoms with Gasteiger partial charge in [-0.3, -0.25) is 9.59 Å². The predicted molar refractivity (Wildman–Crippen MR) is 85.6 cm³/mol. The SMILES string of the molecule is COc1ccc(C(=O)c2cc(C=O)c(N)c(O)c2C)cc1OC. The Morgan fingerprint density at radius 2 is 1.83 bits per heavy atom. The van der Waals surface area contributed by atoms with Crippen LogP contribution in [0.2, 0.25) is 0 Å². The molecule has 0 fully saturated rings. The van der Waals surface area contributed by atoms with Crippen LogP contribution in [0.25, 0.3) is 0 Å². The highest BCUT2D eigenvalue weighted by molar-refractivity contribution is 6.12. The minimum atomic E-state index is -0.359. The Hall–Kier alpha value is -3.02. The molecule has 0 saturated heterocycles. The van der Waals surface area contributed by atoms with Crippen LogP contribution < -0.4 is 15.2 Å². The van der Waals surface area contributed by atoms with E-state index in [1.54, 1.807) is 19.1 Å². The Bertz CT molecular complexity index is 783. The lowest BCUT2D eigenvalue weighted by molar-refractivity contribution is 0.103. The van der Waals surface area contributed by atoms with E-state index in [0.29, 0.717) is 28.9 Å². The monoisotopic (exact) mass is 315 g/mol. The number of ether oxygens (including phenoxy) is 2. The number of ketones is 1. The molecule has 0 heterocycles. The number of hydrogen-bond donors (Lipinski definition) is 2. The normalized spacial score (nSPS) is 10.2. The number of aldehydes is 1. The first-order chi connectivity index (χ1) is 10.9. The predicted octanol–water partition coefficient (Wildman–Crippen LogP) is 2.34. The van der Waals surface area contributed by atoms with Gasteiger partial charge in [-0.2, -0.15) is 0 Å². The van der Waals surface area contributed by atoms with Crippen molar-refractivity contribution in [3.8, 4) is 17.2 Å². The molecule has 0 aliphatic rings. The third kappa shape index (κ3) is 2.83. The summed E-state index contributed by atoms with van der Waals surface area (Å²) in [5.41, 5.74) is 6.53. The average Bonchev–Trinajstić information content (AvgIpc) is 2.58. The zero-order chi connectivity index (χ0) is 17.1. The number of anilines is 1. The molecule has 2 aromatic carbocycles. The molecule has 0 spiro atoms. The Kier molecular flexibility index (Phi) is 4.55. The second kappa shape index (κ2) is 6.39. The van der Waals surface area contributed by atoms with Gasteiger partial charge in [0.15, 0.2) is 23.6 Å². The second-order valence-corrected chi connectivity index (χ2v) is 4.92. The van der Waals surface area contributed by atoms with Gasteiger partial charge in [0.25, 0.3) is 0 Å². The van der Waals surface area contributed by atoms with Gasteiger partial charge in [0, 0.05) is 22.3 Å². The molecular weight excluding hydrogens is 298 g/mol. The van der Waals surface area contributed by atoms with Crippen molar-refractivity contribution in [1.29, 1.82) is 0 Å². The second-order valence-electron chi connectivity index (χ2n) is 4.92. The molecule has 0 aliphatic carbocycles. The number of rotatable bonds is 5. The van der Waals surface area contributed by atoms with E-state index in [2.05, 4.69) is 0 Å². The first-order valence-corrected chi connectivity index (χ1v) is 6.78. The maximum absolute atomic E-state index is 12.7. The summed E-state index contributed by atoms with van der Waals surface area (Å²) in [6.07, 6.45) is 0.500. The summed E-state index contributed by atoms with van der Waals surface area (Å²) >= 11 is 0. The lowest BCUT2D eigenvalue weighted by Gasteiger charge is -2.13. The van der Waals surface area contributed by atoms with Crippen LogP contribution >= 0.6 is 0 Å². The number of phenolic OH excluding ortho intramolecular Hbond substituents is 1. The number of nitrogen functional groups attached to an aromatic ring is 1. The minimum Gasteiger partial charge on any atom is -0.505 e. The number of methoxy groups -OCH3 is 2. The van der Waals surface area contributed by atoms with Crippen LogP contribution in [0.15, 0.2) is 24.3 Å². The largest absolute Gasteiger partial charge is 0.505 e. The molecule has 0 aliphatic heterocycles. The Balaban J connectivity index is 2.57. The standard InChI is InChI=1S/C17H17NO5/c1-9-12(6-11(8-19)15(18)16(9)20)17(21)10-4-5-13(22-2)14(7-10)23-3/h4-8,20H,18H2,1-3H3. The molecule has 0 amide bonds. The molecule has 0 saturated carbocycles. The van der Waals surface area contributed by atoms with Crippen LogP contribution in [-0.4, -0.2) is 31.4 Å². The summed E-state index contributed by atoms with van der Waals surface area (Å²) in [7, 11) is 2.97. The highest BCUT2D eigenvalue weighted by Crippen LogP contribution is 2.33. The van der Waals surface area contributed by atoms with E-state index in [1.165, 1.54) is 26.4 Å². The molecule has 6 nitrogen and oxygen atoms in total. The van der Waals surface area contributed by atoms with E-state index in [1.807, 2.05) is 0 Å². The minimum absolute atomic E-state index is 0.0404. The van der Waals surface area contributed by atoms with Crippen LogP contribution in [0.5, 0.6) is 17.2 Å². The molecule has 0 bridgehead atoms. The van der Waals surface area contributed by atoms with Crippen LogP contribution in [0.4, 0.5) is 5.69 Å². The van der Waals surface area contributed by atoms with Gasteiger partial charge in [0.2, 0.25) is 0 Å². The first kappa shape index (κ1) is 16.4. The summed E-state index contributed by atoms with van der Waals surface area (Å²) in [6.45, 7) is 1.56. The number of aromatic hydroxyl groups is 1. The number of hydrogen-bond acceptors (Lipinski definition) is 6. The highest BCUT2D eigenvalue weighted by Gasteiger charge is 2.20. The molecule has 2 aromatic rings. The topological polar surface area (TPSA) is 98.9 Å². The average molecular weight is 315 g/mol. The van der Waals surface area contributed by atoms with E-state index < -0.39 is 0 Å². The van der Waals surface area contributed by atoms with Gasteiger partial charge in [0.05, 0.1) is 19.9 Å². The fourth-order valence-corrected chi connectivity index (χ4v) is 2.27. The van der Waals surface area contributed by atoms with Crippen molar-refractivity contribution < 1.29 is 24.2 Å². The number of carbonyl (C=O) groups is 2. The zero-order valence-corrected chi connectivity index (χ0v) is 13.0. The van der Waals surface area contributed by atoms with Crippen molar-refractivity contribution >= 4 is 17.8 Å². The maximum Gasteiger partial charge on any atom is 0.193 e. The fourth-order valence-electron chi connectivity index (χ4n) is 2.27. The molecule has 3 N–H and O–H groups in total. The van der Waals surface area contributed by atoms with Crippen molar-refractivity contribution in [3.63, 3.8) is 0 Å². The lowest BCUT2D eigenvalue weighted by atomic mass is 9.95. The van der Waals surface area contributed by atoms with Crippen LogP contribution in [-0.2, 0) is 0 Å². The van der Waals surface area contributed by atoms with Crippen molar-refractivity contribution in [3.05, 3.63) is 46.5 Å². The lowest BCUT2D eigenvalue weighted by Crippen LogP contribution is -2.07. The summed E-state index contributed by atoms with van der Waals surface area (Å²) in [4.78, 5) is 23.7. The van der Waals surface area contributed by atoms with Gasteiger partial charge in [-0.25, -0.2) is 0 Å². The number of nitrogens with two attached hydrogens (primary N) is 1. The molecule has 6 heteroatoms. The van der Waals surface area contributed by atoms with E-state index in [-0.39, 0.29) is 28.3 Å². The van der Waals surface area contributed by atoms with Crippen LogP contribution in [0.1, 0.15) is 31.8 Å². The Morgan fingerprint density at radius 3 is 2.39 bits per heavy atom.